The van der Waals surface area contributed by atoms with Gasteiger partial charge in [0.1, 0.15) is 0 Å². The quantitative estimate of drug-likeness (QED) is 0.0725. The smallest absolute Gasteiger partial charge is 0.339 e. The van der Waals surface area contributed by atoms with Gasteiger partial charge >= 0.3 is 11.9 Å². The van der Waals surface area contributed by atoms with Crippen molar-refractivity contribution in [3.05, 3.63) is 134 Å². The van der Waals surface area contributed by atoms with E-state index in [2.05, 4.69) is 0 Å². The normalized spacial score (nSPS) is 12.8. The number of hydrogen-bond donors (Lipinski definition) is 1. The first kappa shape index (κ1) is 47.9. The van der Waals surface area contributed by atoms with E-state index in [0.717, 1.165) is 60.1 Å². The van der Waals surface area contributed by atoms with Crippen molar-refractivity contribution in [2.45, 2.75) is 106 Å². The second kappa shape index (κ2) is 19.9. The van der Waals surface area contributed by atoms with Gasteiger partial charge in [-0.1, -0.05) is 53.5 Å². The zero-order chi connectivity index (χ0) is 45.7. The SMILES string of the molecule is CCOC(=O)[C@@H](OC(C)(C)C)c1c(C)cc2c(ccc(C)[n+]2[O-])c1-c1ccc(Cl)cc1.CCOCc1ccc2c(-c3ccc(Cl)cc3)c([C@H](OC(C)(C)C)C(=O)O)c(C)cc2n1. The van der Waals surface area contributed by atoms with Gasteiger partial charge in [-0.15, -0.1) is 0 Å². The Morgan fingerprint density at radius 2 is 1.21 bits per heavy atom. The van der Waals surface area contributed by atoms with Gasteiger partial charge in [0.25, 0.3) is 0 Å². The summed E-state index contributed by atoms with van der Waals surface area (Å²) in [6, 6.07) is 26.0. The molecule has 0 unspecified atom stereocenters. The number of rotatable bonds is 12. The topological polar surface area (TPSA) is 131 Å². The lowest BCUT2D eigenvalue weighted by Crippen LogP contribution is -2.32. The molecule has 0 bridgehead atoms. The number of carbonyl (C=O) groups is 2. The van der Waals surface area contributed by atoms with E-state index in [1.165, 1.54) is 0 Å². The van der Waals surface area contributed by atoms with Crippen LogP contribution in [0.3, 0.4) is 0 Å². The number of pyridine rings is 2. The third-order valence-corrected chi connectivity index (χ3v) is 10.3. The number of hydrogen-bond acceptors (Lipinski definition) is 8. The predicted octanol–water partition coefficient (Wildman–Crippen LogP) is 12.2. The summed E-state index contributed by atoms with van der Waals surface area (Å²) in [6.45, 7) is 21.8. The van der Waals surface area contributed by atoms with Crippen molar-refractivity contribution >= 4 is 56.9 Å². The van der Waals surface area contributed by atoms with Crippen LogP contribution in [0.1, 0.15) is 101 Å². The molecule has 0 spiro atoms. The molecule has 328 valence electrons. The van der Waals surface area contributed by atoms with Crippen LogP contribution in [0.25, 0.3) is 44.1 Å². The van der Waals surface area contributed by atoms with Crippen LogP contribution < -0.4 is 4.73 Å². The van der Waals surface area contributed by atoms with Crippen LogP contribution in [-0.2, 0) is 35.1 Å². The van der Waals surface area contributed by atoms with Crippen LogP contribution in [0.5, 0.6) is 0 Å². The third kappa shape index (κ3) is 11.5. The number of esters is 1. The molecule has 2 atom stereocenters. The minimum Gasteiger partial charge on any atom is -0.618 e. The maximum atomic E-state index is 13.0. The molecule has 4 aromatic carbocycles. The van der Waals surface area contributed by atoms with Crippen LogP contribution in [0.15, 0.2) is 84.9 Å². The fourth-order valence-electron chi connectivity index (χ4n) is 7.29. The molecule has 12 heteroatoms. The van der Waals surface area contributed by atoms with Gasteiger partial charge in [-0.05, 0) is 140 Å². The van der Waals surface area contributed by atoms with Crippen LogP contribution in [0, 0.1) is 26.0 Å². The second-order valence-corrected chi connectivity index (χ2v) is 17.9. The van der Waals surface area contributed by atoms with Crippen molar-refractivity contribution in [1.82, 2.24) is 4.98 Å². The lowest BCUT2D eigenvalue weighted by atomic mass is 9.88. The molecule has 6 rings (SSSR count). The van der Waals surface area contributed by atoms with E-state index >= 15 is 0 Å². The van der Waals surface area contributed by atoms with Crippen molar-refractivity contribution in [3.63, 3.8) is 0 Å². The Balaban J connectivity index is 0.000000234. The lowest BCUT2D eigenvalue weighted by Gasteiger charge is -2.29. The summed E-state index contributed by atoms with van der Waals surface area (Å²) in [4.78, 5) is 30.1. The second-order valence-electron chi connectivity index (χ2n) is 17.0. The molecule has 6 aromatic rings. The van der Waals surface area contributed by atoms with Crippen LogP contribution in [0.2, 0.25) is 10.0 Å². The van der Waals surface area contributed by atoms with Gasteiger partial charge in [0.05, 0.1) is 41.0 Å². The Labute approximate surface area is 374 Å². The molecule has 0 radical (unpaired) electrons. The third-order valence-electron chi connectivity index (χ3n) is 9.83. The first-order valence-corrected chi connectivity index (χ1v) is 21.3. The molecular weight excluding hydrogens is 827 g/mol. The molecule has 62 heavy (non-hydrogen) atoms. The van der Waals surface area contributed by atoms with Gasteiger partial charge in [-0.3, -0.25) is 4.98 Å². The van der Waals surface area contributed by atoms with Gasteiger partial charge in [-0.25, -0.2) is 9.59 Å². The molecule has 10 nitrogen and oxygen atoms in total. The van der Waals surface area contributed by atoms with E-state index in [1.54, 1.807) is 44.2 Å². The number of halogens is 2. The van der Waals surface area contributed by atoms with Crippen molar-refractivity contribution < 1.29 is 38.4 Å². The molecule has 0 amide bonds. The largest absolute Gasteiger partial charge is 0.618 e. The predicted molar refractivity (Wildman–Crippen MR) is 247 cm³/mol. The molecule has 1 N–H and O–H groups in total. The van der Waals surface area contributed by atoms with E-state index in [9.17, 15) is 19.9 Å². The minimum atomic E-state index is -1.13. The van der Waals surface area contributed by atoms with E-state index in [4.69, 9.17) is 47.1 Å². The number of nitrogens with zero attached hydrogens (tertiary/aromatic N) is 2. The van der Waals surface area contributed by atoms with Gasteiger partial charge in [0.15, 0.2) is 17.9 Å². The summed E-state index contributed by atoms with van der Waals surface area (Å²) >= 11 is 12.2. The number of carbonyl (C=O) groups excluding carboxylic acids is 1. The number of ether oxygens (including phenoxy) is 4. The Morgan fingerprint density at radius 3 is 1.73 bits per heavy atom. The molecule has 2 heterocycles. The Kier molecular flexibility index (Phi) is 15.4. The summed E-state index contributed by atoms with van der Waals surface area (Å²) < 4.78 is 24.0. The Bertz CT molecular complexity index is 2560. The summed E-state index contributed by atoms with van der Waals surface area (Å²) in [5, 5.41) is 25.7. The monoisotopic (exact) mass is 882 g/mol. The van der Waals surface area contributed by atoms with E-state index in [0.29, 0.717) is 45.6 Å². The standard InChI is InChI=1S/2C25H28ClNO4/c1-7-30-24(28)23(31-25(4,5)6)21-15(2)14-20-19(13-8-16(3)27(20)29)22(21)17-9-11-18(26)12-10-17;1-6-30-14-18-11-12-19-20(27-18)13-15(2)21(23(24(28)29)31-25(3,4)5)22(19)16-7-9-17(26)10-8-16/h8-14,23H,7H2,1-6H3;7-13,23H,6,14H2,1-5H3,(H,28,29)/t2*23-/m00/s1. The van der Waals surface area contributed by atoms with E-state index < -0.39 is 35.3 Å². The Hall–Kier alpha value is -5.10. The number of carboxylic acid groups (broad SMARTS) is 1. The average Bonchev–Trinajstić information content (AvgIpc) is 3.19. The van der Waals surface area contributed by atoms with Crippen molar-refractivity contribution in [3.8, 4) is 22.3 Å². The number of aliphatic carboxylic acids is 1. The van der Waals surface area contributed by atoms with Gasteiger partial charge in [0.2, 0.25) is 5.52 Å². The lowest BCUT2D eigenvalue weighted by molar-refractivity contribution is -0.584. The zero-order valence-corrected chi connectivity index (χ0v) is 38.8. The number of aryl methyl sites for hydroxylation is 3. The highest BCUT2D eigenvalue weighted by molar-refractivity contribution is 6.31. The molecule has 0 saturated carbocycles. The molecule has 2 aromatic heterocycles. The molecule has 0 aliphatic heterocycles. The maximum Gasteiger partial charge on any atom is 0.339 e. The number of aromatic nitrogens is 2. The highest BCUT2D eigenvalue weighted by Crippen LogP contribution is 2.42. The molecule has 0 aliphatic rings. The van der Waals surface area contributed by atoms with Crippen LogP contribution >= 0.6 is 23.2 Å². The maximum absolute atomic E-state index is 13.0. The molecule has 0 fully saturated rings. The number of benzene rings is 4. The highest BCUT2D eigenvalue weighted by Gasteiger charge is 2.34. The first-order chi connectivity index (χ1) is 29.1. The van der Waals surface area contributed by atoms with Gasteiger partial charge in [0, 0.05) is 57.8 Å². The van der Waals surface area contributed by atoms with Crippen molar-refractivity contribution in [2.75, 3.05) is 13.2 Å². The summed E-state index contributed by atoms with van der Waals surface area (Å²) in [5.74, 6) is -1.49. The first-order valence-electron chi connectivity index (χ1n) is 20.6. The Morgan fingerprint density at radius 1 is 0.710 bits per heavy atom. The van der Waals surface area contributed by atoms with Gasteiger partial charge in [-0.2, -0.15) is 4.73 Å². The van der Waals surface area contributed by atoms with Crippen LogP contribution in [0.4, 0.5) is 0 Å². The van der Waals surface area contributed by atoms with Crippen LogP contribution in [-0.4, -0.2) is 46.4 Å². The average molecular weight is 884 g/mol. The fourth-order valence-corrected chi connectivity index (χ4v) is 7.55. The molecule has 0 aliphatic carbocycles. The van der Waals surface area contributed by atoms with E-state index in [-0.39, 0.29) is 6.61 Å². The zero-order valence-electron chi connectivity index (χ0n) is 37.3. The summed E-state index contributed by atoms with van der Waals surface area (Å²) in [5.41, 5.74) is 7.63. The molecular formula is C50H56Cl2N2O8. The number of fused-ring (bicyclic) bond motifs is 2. The summed E-state index contributed by atoms with van der Waals surface area (Å²) in [6.07, 6.45) is -2.07. The number of carboxylic acids is 1. The van der Waals surface area contributed by atoms with Crippen molar-refractivity contribution in [1.29, 1.82) is 0 Å². The fraction of sp³-hybridized carbons (Fsp3) is 0.360. The van der Waals surface area contributed by atoms with E-state index in [1.807, 2.05) is 117 Å². The minimum absolute atomic E-state index is 0.242. The van der Waals surface area contributed by atoms with Crippen molar-refractivity contribution in [2.24, 2.45) is 0 Å². The summed E-state index contributed by atoms with van der Waals surface area (Å²) in [7, 11) is 0. The molecule has 0 saturated heterocycles. The highest BCUT2D eigenvalue weighted by atomic mass is 35.5. The van der Waals surface area contributed by atoms with Gasteiger partial charge < -0.3 is 29.3 Å².